The molecule has 0 atom stereocenters. The molecule has 0 aliphatic carbocycles. The third kappa shape index (κ3) is 6.71. The van der Waals surface area contributed by atoms with Crippen LogP contribution in [0.25, 0.3) is 0 Å². The summed E-state index contributed by atoms with van der Waals surface area (Å²) in [6.07, 6.45) is 1.28. The van der Waals surface area contributed by atoms with Crippen molar-refractivity contribution in [2.45, 2.75) is 32.8 Å². The first-order chi connectivity index (χ1) is 9.82. The number of carboxylic acids is 1. The number of ether oxygens (including phenoxy) is 1. The second-order valence-electron chi connectivity index (χ2n) is 5.11. The number of pyridine rings is 1. The summed E-state index contributed by atoms with van der Waals surface area (Å²) in [7, 11) is 0. The Morgan fingerprint density at radius 1 is 1.38 bits per heavy atom. The van der Waals surface area contributed by atoms with Crippen molar-refractivity contribution < 1.29 is 19.4 Å². The van der Waals surface area contributed by atoms with E-state index in [0.717, 1.165) is 0 Å². The van der Waals surface area contributed by atoms with E-state index in [0.29, 0.717) is 24.5 Å². The van der Waals surface area contributed by atoms with Crippen molar-refractivity contribution in [2.24, 2.45) is 0 Å². The van der Waals surface area contributed by atoms with E-state index in [1.165, 1.54) is 6.20 Å². The zero-order valence-corrected chi connectivity index (χ0v) is 12.5. The van der Waals surface area contributed by atoms with E-state index in [1.54, 1.807) is 12.1 Å². The molecule has 0 bridgehead atoms. The fourth-order valence-electron chi connectivity index (χ4n) is 1.67. The Balaban J connectivity index is 2.46. The molecule has 1 aromatic rings. The SMILES string of the molecule is CCOC(C)(C)CNC(=O)Nc1ccc(CC(=O)O)nc1. The van der Waals surface area contributed by atoms with Gasteiger partial charge in [-0.3, -0.25) is 9.78 Å². The third-order valence-corrected chi connectivity index (χ3v) is 2.62. The molecule has 0 spiro atoms. The fourth-order valence-corrected chi connectivity index (χ4v) is 1.67. The number of nitrogens with zero attached hydrogens (tertiary/aromatic N) is 1. The molecule has 0 aliphatic heterocycles. The Kier molecular flexibility index (Phi) is 6.10. The van der Waals surface area contributed by atoms with Crippen LogP contribution in [0.3, 0.4) is 0 Å². The van der Waals surface area contributed by atoms with Gasteiger partial charge < -0.3 is 20.5 Å². The fraction of sp³-hybridized carbons (Fsp3) is 0.500. The zero-order chi connectivity index (χ0) is 15.9. The average molecular weight is 295 g/mol. The van der Waals surface area contributed by atoms with Crippen LogP contribution < -0.4 is 10.6 Å². The molecular formula is C14H21N3O4. The molecule has 0 fully saturated rings. The van der Waals surface area contributed by atoms with Gasteiger partial charge in [0.05, 0.1) is 29.6 Å². The molecule has 1 aromatic heterocycles. The predicted octanol–water partition coefficient (Wildman–Crippen LogP) is 1.65. The highest BCUT2D eigenvalue weighted by molar-refractivity contribution is 5.89. The van der Waals surface area contributed by atoms with E-state index in [2.05, 4.69) is 15.6 Å². The summed E-state index contributed by atoms with van der Waals surface area (Å²) in [5.74, 6) is -0.945. The van der Waals surface area contributed by atoms with Gasteiger partial charge in [0.1, 0.15) is 0 Å². The van der Waals surface area contributed by atoms with Crippen LogP contribution in [0.15, 0.2) is 18.3 Å². The lowest BCUT2D eigenvalue weighted by molar-refractivity contribution is -0.136. The smallest absolute Gasteiger partial charge is 0.319 e. The maximum absolute atomic E-state index is 11.7. The van der Waals surface area contributed by atoms with Crippen molar-refractivity contribution in [2.75, 3.05) is 18.5 Å². The summed E-state index contributed by atoms with van der Waals surface area (Å²) in [5, 5.41) is 14.0. The number of nitrogens with one attached hydrogen (secondary N) is 2. The molecule has 2 amide bonds. The van der Waals surface area contributed by atoms with Crippen LogP contribution in [0, 0.1) is 0 Å². The Morgan fingerprint density at radius 3 is 2.62 bits per heavy atom. The number of carbonyl (C=O) groups excluding carboxylic acids is 1. The van der Waals surface area contributed by atoms with Gasteiger partial charge in [0.2, 0.25) is 0 Å². The van der Waals surface area contributed by atoms with Gasteiger partial charge in [-0.15, -0.1) is 0 Å². The van der Waals surface area contributed by atoms with E-state index in [4.69, 9.17) is 9.84 Å². The number of urea groups is 1. The van der Waals surface area contributed by atoms with Gasteiger partial charge in [0.25, 0.3) is 0 Å². The normalized spacial score (nSPS) is 11.0. The molecule has 21 heavy (non-hydrogen) atoms. The molecule has 1 rings (SSSR count). The number of hydrogen-bond acceptors (Lipinski definition) is 4. The van der Waals surface area contributed by atoms with Crippen LogP contribution in [-0.4, -0.2) is 40.8 Å². The standard InChI is InChI=1S/C14H21N3O4/c1-4-21-14(2,3)9-16-13(20)17-11-6-5-10(15-8-11)7-12(18)19/h5-6,8H,4,7,9H2,1-3H3,(H,18,19)(H2,16,17,20). The average Bonchev–Trinajstić information content (AvgIpc) is 2.38. The minimum absolute atomic E-state index is 0.144. The summed E-state index contributed by atoms with van der Waals surface area (Å²) in [5.41, 5.74) is 0.497. The lowest BCUT2D eigenvalue weighted by Gasteiger charge is -2.24. The van der Waals surface area contributed by atoms with Crippen LogP contribution in [-0.2, 0) is 16.0 Å². The molecule has 0 aliphatic rings. The van der Waals surface area contributed by atoms with E-state index in [1.807, 2.05) is 20.8 Å². The highest BCUT2D eigenvalue weighted by Gasteiger charge is 2.18. The molecule has 3 N–H and O–H groups in total. The van der Waals surface area contributed by atoms with Gasteiger partial charge in [-0.2, -0.15) is 0 Å². The van der Waals surface area contributed by atoms with Crippen molar-refractivity contribution in [1.29, 1.82) is 0 Å². The minimum atomic E-state index is -0.945. The van der Waals surface area contributed by atoms with Crippen LogP contribution in [0.4, 0.5) is 10.5 Å². The molecule has 0 radical (unpaired) electrons. The van der Waals surface area contributed by atoms with Crippen molar-refractivity contribution in [1.82, 2.24) is 10.3 Å². The number of aliphatic carboxylic acids is 1. The summed E-state index contributed by atoms with van der Waals surface area (Å²) in [6.45, 7) is 6.62. The zero-order valence-electron chi connectivity index (χ0n) is 12.5. The van der Waals surface area contributed by atoms with Crippen LogP contribution in [0.1, 0.15) is 26.5 Å². The molecule has 7 heteroatoms. The van der Waals surface area contributed by atoms with Gasteiger partial charge in [-0.05, 0) is 32.9 Å². The first-order valence-corrected chi connectivity index (χ1v) is 6.68. The quantitative estimate of drug-likeness (QED) is 0.710. The van der Waals surface area contributed by atoms with E-state index < -0.39 is 11.6 Å². The van der Waals surface area contributed by atoms with Crippen molar-refractivity contribution >= 4 is 17.7 Å². The van der Waals surface area contributed by atoms with E-state index in [-0.39, 0.29) is 12.5 Å². The number of hydrogen-bond donors (Lipinski definition) is 3. The number of amides is 2. The van der Waals surface area contributed by atoms with Crippen LogP contribution in [0.5, 0.6) is 0 Å². The number of anilines is 1. The molecule has 0 saturated carbocycles. The maximum Gasteiger partial charge on any atom is 0.319 e. The van der Waals surface area contributed by atoms with Gasteiger partial charge in [-0.1, -0.05) is 0 Å². The number of carbonyl (C=O) groups is 2. The van der Waals surface area contributed by atoms with Crippen molar-refractivity contribution in [3.05, 3.63) is 24.0 Å². The summed E-state index contributed by atoms with van der Waals surface area (Å²) < 4.78 is 5.47. The van der Waals surface area contributed by atoms with Crippen molar-refractivity contribution in [3.8, 4) is 0 Å². The maximum atomic E-state index is 11.7. The van der Waals surface area contributed by atoms with Gasteiger partial charge >= 0.3 is 12.0 Å². The molecule has 7 nitrogen and oxygen atoms in total. The molecule has 0 unspecified atom stereocenters. The topological polar surface area (TPSA) is 101 Å². The second kappa shape index (κ2) is 7.58. The monoisotopic (exact) mass is 295 g/mol. The second-order valence-corrected chi connectivity index (χ2v) is 5.11. The molecule has 0 aromatic carbocycles. The number of rotatable bonds is 7. The number of aromatic nitrogens is 1. The third-order valence-electron chi connectivity index (χ3n) is 2.62. The van der Waals surface area contributed by atoms with Crippen LogP contribution >= 0.6 is 0 Å². The van der Waals surface area contributed by atoms with Crippen molar-refractivity contribution in [3.63, 3.8) is 0 Å². The Bertz CT molecular complexity index is 485. The Morgan fingerprint density at radius 2 is 2.10 bits per heavy atom. The summed E-state index contributed by atoms with van der Waals surface area (Å²) >= 11 is 0. The van der Waals surface area contributed by atoms with Gasteiger partial charge in [0, 0.05) is 13.2 Å². The first-order valence-electron chi connectivity index (χ1n) is 6.68. The lowest BCUT2D eigenvalue weighted by atomic mass is 10.1. The highest BCUT2D eigenvalue weighted by atomic mass is 16.5. The molecular weight excluding hydrogens is 274 g/mol. The van der Waals surface area contributed by atoms with Gasteiger partial charge in [-0.25, -0.2) is 4.79 Å². The largest absolute Gasteiger partial charge is 0.481 e. The van der Waals surface area contributed by atoms with Crippen LogP contribution in [0.2, 0.25) is 0 Å². The summed E-state index contributed by atoms with van der Waals surface area (Å²) in [6, 6.07) is 2.81. The first kappa shape index (κ1) is 16.9. The summed E-state index contributed by atoms with van der Waals surface area (Å²) in [4.78, 5) is 26.2. The highest BCUT2D eigenvalue weighted by Crippen LogP contribution is 2.08. The Labute approximate surface area is 123 Å². The molecule has 1 heterocycles. The predicted molar refractivity (Wildman–Crippen MR) is 78.3 cm³/mol. The van der Waals surface area contributed by atoms with E-state index >= 15 is 0 Å². The minimum Gasteiger partial charge on any atom is -0.481 e. The molecule has 0 saturated heterocycles. The van der Waals surface area contributed by atoms with E-state index in [9.17, 15) is 9.59 Å². The van der Waals surface area contributed by atoms with Gasteiger partial charge in [0.15, 0.2) is 0 Å². The molecule has 116 valence electrons. The Hall–Kier alpha value is -2.15. The lowest BCUT2D eigenvalue weighted by Crippen LogP contribution is -2.42. The number of carboxylic acid groups (broad SMARTS) is 1.